The number of urea groups is 1. The molecule has 0 radical (unpaired) electrons. The van der Waals surface area contributed by atoms with Crippen LogP contribution in [-0.4, -0.2) is 43.2 Å². The van der Waals surface area contributed by atoms with Gasteiger partial charge >= 0.3 is 6.03 Å². The first-order valence-corrected chi connectivity index (χ1v) is 9.08. The molecule has 0 bridgehead atoms. The number of aromatic nitrogens is 1. The summed E-state index contributed by atoms with van der Waals surface area (Å²) in [4.78, 5) is 20.5. The smallest absolute Gasteiger partial charge is 0.317 e. The summed E-state index contributed by atoms with van der Waals surface area (Å²) in [5, 5.41) is 2.90. The number of methoxy groups -OCH3 is 1. The van der Waals surface area contributed by atoms with Gasteiger partial charge in [0.2, 0.25) is 0 Å². The SMILES string of the molecule is COc1ccc(CN(C)C(=O)NCc2ccnc(N3CCCC3)c2)cc1F. The monoisotopic (exact) mass is 372 g/mol. The van der Waals surface area contributed by atoms with Crippen molar-refractivity contribution < 1.29 is 13.9 Å². The fourth-order valence-electron chi connectivity index (χ4n) is 3.16. The number of halogens is 1. The van der Waals surface area contributed by atoms with Crippen LogP contribution in [0.2, 0.25) is 0 Å². The molecule has 3 rings (SSSR count). The Morgan fingerprint density at radius 3 is 2.74 bits per heavy atom. The van der Waals surface area contributed by atoms with Crippen LogP contribution in [-0.2, 0) is 13.1 Å². The fraction of sp³-hybridized carbons (Fsp3) is 0.400. The Bertz CT molecular complexity index is 793. The average molecular weight is 372 g/mol. The summed E-state index contributed by atoms with van der Waals surface area (Å²) >= 11 is 0. The molecule has 27 heavy (non-hydrogen) atoms. The summed E-state index contributed by atoms with van der Waals surface area (Å²) in [6.45, 7) is 2.79. The third-order valence-corrected chi connectivity index (χ3v) is 4.67. The van der Waals surface area contributed by atoms with Gasteiger partial charge in [-0.15, -0.1) is 0 Å². The Labute approximate surface area is 158 Å². The zero-order chi connectivity index (χ0) is 19.2. The third kappa shape index (κ3) is 4.87. The standard InChI is InChI=1S/C20H25FN4O2/c1-24(14-16-5-6-18(27-2)17(21)11-16)20(26)23-13-15-7-8-22-19(12-15)25-9-3-4-10-25/h5-8,11-12H,3-4,9-10,13-14H2,1-2H3,(H,23,26). The normalized spacial score (nSPS) is 13.5. The topological polar surface area (TPSA) is 57.7 Å². The predicted octanol–water partition coefficient (Wildman–Crippen LogP) is 3.17. The summed E-state index contributed by atoms with van der Waals surface area (Å²) in [5.41, 5.74) is 1.70. The number of nitrogens with zero attached hydrogens (tertiary/aromatic N) is 3. The molecule has 0 saturated carbocycles. The van der Waals surface area contributed by atoms with Crippen LogP contribution in [0, 0.1) is 5.82 Å². The van der Waals surface area contributed by atoms with Crippen LogP contribution in [0.1, 0.15) is 24.0 Å². The Balaban J connectivity index is 1.54. The van der Waals surface area contributed by atoms with E-state index in [1.165, 1.54) is 30.9 Å². The van der Waals surface area contributed by atoms with Gasteiger partial charge in [0, 0.05) is 39.4 Å². The molecule has 0 aliphatic carbocycles. The molecule has 0 unspecified atom stereocenters. The summed E-state index contributed by atoms with van der Waals surface area (Å²) in [6, 6.07) is 8.40. The van der Waals surface area contributed by atoms with Crippen LogP contribution >= 0.6 is 0 Å². The molecule has 1 saturated heterocycles. The summed E-state index contributed by atoms with van der Waals surface area (Å²) in [5.74, 6) is 0.716. The van der Waals surface area contributed by atoms with Crippen LogP contribution in [0.5, 0.6) is 5.75 Å². The summed E-state index contributed by atoms with van der Waals surface area (Å²) in [6.07, 6.45) is 4.16. The Hall–Kier alpha value is -2.83. The molecule has 1 N–H and O–H groups in total. The van der Waals surface area contributed by atoms with Crippen molar-refractivity contribution in [2.24, 2.45) is 0 Å². The molecule has 0 spiro atoms. The largest absolute Gasteiger partial charge is 0.494 e. The van der Waals surface area contributed by atoms with Crippen LogP contribution < -0.4 is 15.0 Å². The fourth-order valence-corrected chi connectivity index (χ4v) is 3.16. The first-order valence-electron chi connectivity index (χ1n) is 9.08. The molecule has 2 aromatic rings. The molecule has 2 amide bonds. The highest BCUT2D eigenvalue weighted by Crippen LogP contribution is 2.19. The van der Waals surface area contributed by atoms with Gasteiger partial charge in [-0.1, -0.05) is 6.07 Å². The minimum Gasteiger partial charge on any atom is -0.494 e. The molecule has 1 aromatic carbocycles. The van der Waals surface area contributed by atoms with Crippen molar-refractivity contribution in [2.75, 3.05) is 32.1 Å². The second-order valence-electron chi connectivity index (χ2n) is 6.70. The Morgan fingerprint density at radius 2 is 2.04 bits per heavy atom. The van der Waals surface area contributed by atoms with Gasteiger partial charge in [0.15, 0.2) is 11.6 Å². The second-order valence-corrected chi connectivity index (χ2v) is 6.70. The number of carbonyl (C=O) groups is 1. The van der Waals surface area contributed by atoms with Gasteiger partial charge in [-0.05, 0) is 48.2 Å². The van der Waals surface area contributed by atoms with E-state index in [4.69, 9.17) is 4.74 Å². The first-order chi connectivity index (χ1) is 13.1. The minimum absolute atomic E-state index is 0.192. The quantitative estimate of drug-likeness (QED) is 0.846. The van der Waals surface area contributed by atoms with Gasteiger partial charge in [-0.3, -0.25) is 0 Å². The number of ether oxygens (including phenoxy) is 1. The lowest BCUT2D eigenvalue weighted by Gasteiger charge is -2.19. The molecule has 1 aliphatic heterocycles. The number of hydrogen-bond donors (Lipinski definition) is 1. The van der Waals surface area contributed by atoms with E-state index in [1.54, 1.807) is 25.4 Å². The van der Waals surface area contributed by atoms with E-state index < -0.39 is 5.82 Å². The number of benzene rings is 1. The molecule has 1 aliphatic rings. The number of rotatable bonds is 6. The molecular weight excluding hydrogens is 347 g/mol. The van der Waals surface area contributed by atoms with Crippen LogP contribution in [0.25, 0.3) is 0 Å². The van der Waals surface area contributed by atoms with E-state index in [9.17, 15) is 9.18 Å². The molecule has 1 aromatic heterocycles. The zero-order valence-electron chi connectivity index (χ0n) is 15.7. The lowest BCUT2D eigenvalue weighted by atomic mass is 10.2. The Morgan fingerprint density at radius 1 is 1.26 bits per heavy atom. The lowest BCUT2D eigenvalue weighted by molar-refractivity contribution is 0.206. The highest BCUT2D eigenvalue weighted by atomic mass is 19.1. The van der Waals surface area contributed by atoms with Crippen molar-refractivity contribution in [3.8, 4) is 5.75 Å². The lowest BCUT2D eigenvalue weighted by Crippen LogP contribution is -2.36. The van der Waals surface area contributed by atoms with Gasteiger partial charge in [0.1, 0.15) is 5.82 Å². The minimum atomic E-state index is -0.435. The van der Waals surface area contributed by atoms with Crippen molar-refractivity contribution in [1.82, 2.24) is 15.2 Å². The first kappa shape index (κ1) is 18.9. The summed E-state index contributed by atoms with van der Waals surface area (Å²) in [7, 11) is 3.10. The molecule has 144 valence electrons. The van der Waals surface area contributed by atoms with Gasteiger partial charge in [-0.25, -0.2) is 14.2 Å². The maximum Gasteiger partial charge on any atom is 0.317 e. The maximum absolute atomic E-state index is 13.8. The maximum atomic E-state index is 13.8. The van der Waals surface area contributed by atoms with E-state index in [-0.39, 0.29) is 11.8 Å². The van der Waals surface area contributed by atoms with Crippen LogP contribution in [0.15, 0.2) is 36.5 Å². The molecule has 0 atom stereocenters. The van der Waals surface area contributed by atoms with Crippen molar-refractivity contribution in [3.05, 3.63) is 53.5 Å². The number of pyridine rings is 1. The molecule has 7 heteroatoms. The molecule has 6 nitrogen and oxygen atoms in total. The number of carbonyl (C=O) groups excluding carboxylic acids is 1. The molecule has 1 fully saturated rings. The van der Waals surface area contributed by atoms with Gasteiger partial charge in [-0.2, -0.15) is 0 Å². The van der Waals surface area contributed by atoms with Gasteiger partial charge < -0.3 is 19.9 Å². The predicted molar refractivity (Wildman–Crippen MR) is 102 cm³/mol. The van der Waals surface area contributed by atoms with E-state index in [1.807, 2.05) is 12.1 Å². The highest BCUT2D eigenvalue weighted by Gasteiger charge is 2.14. The highest BCUT2D eigenvalue weighted by molar-refractivity contribution is 5.73. The van der Waals surface area contributed by atoms with Crippen molar-refractivity contribution in [1.29, 1.82) is 0 Å². The van der Waals surface area contributed by atoms with E-state index in [2.05, 4.69) is 15.2 Å². The molecule has 2 heterocycles. The number of nitrogens with one attached hydrogen (secondary N) is 1. The zero-order valence-corrected chi connectivity index (χ0v) is 15.7. The van der Waals surface area contributed by atoms with Crippen LogP contribution in [0.3, 0.4) is 0 Å². The van der Waals surface area contributed by atoms with Gasteiger partial charge in [0.05, 0.1) is 7.11 Å². The number of hydrogen-bond acceptors (Lipinski definition) is 4. The number of amides is 2. The van der Waals surface area contributed by atoms with E-state index in [0.717, 1.165) is 24.5 Å². The van der Waals surface area contributed by atoms with Crippen molar-refractivity contribution in [3.63, 3.8) is 0 Å². The Kier molecular flexibility index (Phi) is 6.11. The number of anilines is 1. The molecular formula is C20H25FN4O2. The van der Waals surface area contributed by atoms with Crippen molar-refractivity contribution in [2.45, 2.75) is 25.9 Å². The third-order valence-electron chi connectivity index (χ3n) is 4.67. The second kappa shape index (κ2) is 8.70. The van der Waals surface area contributed by atoms with Crippen molar-refractivity contribution >= 4 is 11.8 Å². The van der Waals surface area contributed by atoms with E-state index >= 15 is 0 Å². The van der Waals surface area contributed by atoms with E-state index in [0.29, 0.717) is 18.7 Å². The average Bonchev–Trinajstić information content (AvgIpc) is 3.21. The summed E-state index contributed by atoms with van der Waals surface area (Å²) < 4.78 is 18.7. The van der Waals surface area contributed by atoms with Gasteiger partial charge in [0.25, 0.3) is 0 Å². The van der Waals surface area contributed by atoms with Crippen LogP contribution in [0.4, 0.5) is 15.0 Å².